The van der Waals surface area contributed by atoms with E-state index < -0.39 is 5.38 Å². The van der Waals surface area contributed by atoms with Crippen molar-refractivity contribution in [2.45, 2.75) is 45.5 Å². The van der Waals surface area contributed by atoms with E-state index in [4.69, 9.17) is 11.6 Å². The number of carbonyl (C=O) groups is 1. The molecule has 0 rings (SSSR count). The van der Waals surface area contributed by atoms with Crippen molar-refractivity contribution in [3.63, 3.8) is 0 Å². The molecule has 0 radical (unpaired) electrons. The highest BCUT2D eigenvalue weighted by atomic mass is 35.5. The lowest BCUT2D eigenvalue weighted by molar-refractivity contribution is -0.121. The summed E-state index contributed by atoms with van der Waals surface area (Å²) in [6, 6.07) is 0.221. The first-order chi connectivity index (χ1) is 5.43. The molecule has 0 saturated heterocycles. The molecule has 0 aliphatic carbocycles. The van der Waals surface area contributed by atoms with E-state index in [0.29, 0.717) is 5.92 Å². The van der Waals surface area contributed by atoms with Crippen molar-refractivity contribution in [3.05, 3.63) is 0 Å². The number of alkyl halides is 1. The van der Waals surface area contributed by atoms with Gasteiger partial charge in [-0.05, 0) is 26.2 Å². The average Bonchev–Trinajstić information content (AvgIpc) is 1.84. The molecule has 2 nitrogen and oxygen atoms in total. The Morgan fingerprint density at radius 2 is 1.83 bits per heavy atom. The van der Waals surface area contributed by atoms with Crippen molar-refractivity contribution < 1.29 is 4.79 Å². The molecule has 0 fully saturated rings. The molecule has 0 aliphatic heterocycles. The molecule has 72 valence electrons. The quantitative estimate of drug-likeness (QED) is 0.679. The van der Waals surface area contributed by atoms with Gasteiger partial charge in [0.1, 0.15) is 5.38 Å². The third-order valence-electron chi connectivity index (χ3n) is 1.57. The number of rotatable bonds is 4. The van der Waals surface area contributed by atoms with E-state index in [1.54, 1.807) is 6.92 Å². The first-order valence-corrected chi connectivity index (χ1v) is 4.81. The fraction of sp³-hybridized carbons (Fsp3) is 0.889. The predicted octanol–water partition coefficient (Wildman–Crippen LogP) is 2.16. The second-order valence-electron chi connectivity index (χ2n) is 3.66. The van der Waals surface area contributed by atoms with Gasteiger partial charge in [-0.25, -0.2) is 0 Å². The predicted molar refractivity (Wildman–Crippen MR) is 52.4 cm³/mol. The van der Waals surface area contributed by atoms with E-state index in [2.05, 4.69) is 19.2 Å². The van der Waals surface area contributed by atoms with Crippen molar-refractivity contribution in [2.24, 2.45) is 5.92 Å². The summed E-state index contributed by atoms with van der Waals surface area (Å²) >= 11 is 5.60. The van der Waals surface area contributed by atoms with Gasteiger partial charge in [0.25, 0.3) is 0 Å². The Labute approximate surface area is 79.7 Å². The molecule has 0 aliphatic rings. The fourth-order valence-corrected chi connectivity index (χ4v) is 1.19. The Morgan fingerprint density at radius 3 is 2.17 bits per heavy atom. The largest absolute Gasteiger partial charge is 0.352 e. The standard InChI is InChI=1S/C9H18ClNO/c1-6(2)5-7(3)11-9(12)8(4)10/h6-8H,5H2,1-4H3,(H,11,12). The zero-order valence-corrected chi connectivity index (χ0v) is 8.98. The van der Waals surface area contributed by atoms with Crippen LogP contribution in [-0.4, -0.2) is 17.3 Å². The summed E-state index contributed by atoms with van der Waals surface area (Å²) in [5.74, 6) is 0.524. The summed E-state index contributed by atoms with van der Waals surface area (Å²) in [5, 5.41) is 2.41. The lowest BCUT2D eigenvalue weighted by Gasteiger charge is -2.16. The fourth-order valence-electron chi connectivity index (χ4n) is 1.12. The maximum Gasteiger partial charge on any atom is 0.237 e. The molecule has 2 unspecified atom stereocenters. The Kier molecular flexibility index (Phi) is 5.31. The zero-order valence-electron chi connectivity index (χ0n) is 8.23. The molecule has 0 saturated carbocycles. The lowest BCUT2D eigenvalue weighted by atomic mass is 10.1. The van der Waals surface area contributed by atoms with Gasteiger partial charge < -0.3 is 5.32 Å². The number of hydrogen-bond acceptors (Lipinski definition) is 1. The van der Waals surface area contributed by atoms with Gasteiger partial charge in [0.15, 0.2) is 0 Å². The molecule has 0 aromatic carbocycles. The van der Waals surface area contributed by atoms with Crippen LogP contribution in [-0.2, 0) is 4.79 Å². The second kappa shape index (κ2) is 5.41. The maximum atomic E-state index is 11.1. The van der Waals surface area contributed by atoms with Crippen LogP contribution in [0.4, 0.5) is 0 Å². The van der Waals surface area contributed by atoms with Crippen LogP contribution in [0.3, 0.4) is 0 Å². The van der Waals surface area contributed by atoms with E-state index in [9.17, 15) is 4.79 Å². The monoisotopic (exact) mass is 191 g/mol. The van der Waals surface area contributed by atoms with Crippen molar-refractivity contribution in [3.8, 4) is 0 Å². The summed E-state index contributed by atoms with van der Waals surface area (Å²) in [4.78, 5) is 11.1. The van der Waals surface area contributed by atoms with Crippen molar-refractivity contribution in [1.82, 2.24) is 5.32 Å². The molecular formula is C9H18ClNO. The highest BCUT2D eigenvalue weighted by Crippen LogP contribution is 2.04. The summed E-state index contributed by atoms with van der Waals surface area (Å²) in [5.41, 5.74) is 0. The van der Waals surface area contributed by atoms with Crippen LogP contribution >= 0.6 is 11.6 Å². The third-order valence-corrected chi connectivity index (χ3v) is 1.77. The highest BCUT2D eigenvalue weighted by molar-refractivity contribution is 6.30. The molecule has 0 spiro atoms. The summed E-state index contributed by atoms with van der Waals surface area (Å²) < 4.78 is 0. The number of halogens is 1. The molecule has 1 amide bonds. The smallest absolute Gasteiger partial charge is 0.237 e. The first-order valence-electron chi connectivity index (χ1n) is 4.38. The van der Waals surface area contributed by atoms with E-state index in [1.807, 2.05) is 6.92 Å². The van der Waals surface area contributed by atoms with Crippen LogP contribution in [0.2, 0.25) is 0 Å². The first kappa shape index (κ1) is 11.8. The molecule has 12 heavy (non-hydrogen) atoms. The second-order valence-corrected chi connectivity index (χ2v) is 4.31. The van der Waals surface area contributed by atoms with Gasteiger partial charge >= 0.3 is 0 Å². The summed E-state index contributed by atoms with van der Waals surface area (Å²) in [6.45, 7) is 7.94. The van der Waals surface area contributed by atoms with Crippen LogP contribution in [0.15, 0.2) is 0 Å². The van der Waals surface area contributed by atoms with E-state index in [-0.39, 0.29) is 11.9 Å². The van der Waals surface area contributed by atoms with Gasteiger partial charge in [-0.1, -0.05) is 13.8 Å². The lowest BCUT2D eigenvalue weighted by Crippen LogP contribution is -2.37. The zero-order chi connectivity index (χ0) is 9.72. The van der Waals surface area contributed by atoms with Crippen LogP contribution in [0.25, 0.3) is 0 Å². The van der Waals surface area contributed by atoms with Crippen molar-refractivity contribution in [2.75, 3.05) is 0 Å². The minimum absolute atomic E-state index is 0.0789. The maximum absolute atomic E-state index is 11.1. The number of nitrogens with one attached hydrogen (secondary N) is 1. The van der Waals surface area contributed by atoms with Crippen LogP contribution < -0.4 is 5.32 Å². The van der Waals surface area contributed by atoms with E-state index in [0.717, 1.165) is 6.42 Å². The number of amides is 1. The SMILES string of the molecule is CC(C)CC(C)NC(=O)C(C)Cl. The van der Waals surface area contributed by atoms with E-state index >= 15 is 0 Å². The molecule has 0 bridgehead atoms. The number of carbonyl (C=O) groups excluding carboxylic acids is 1. The highest BCUT2D eigenvalue weighted by Gasteiger charge is 2.12. The number of hydrogen-bond donors (Lipinski definition) is 1. The Hall–Kier alpha value is -0.240. The summed E-state index contributed by atoms with van der Waals surface area (Å²) in [7, 11) is 0. The van der Waals surface area contributed by atoms with Gasteiger partial charge in [-0.15, -0.1) is 11.6 Å². The van der Waals surface area contributed by atoms with Crippen LogP contribution in [0.5, 0.6) is 0 Å². The average molecular weight is 192 g/mol. The molecule has 0 heterocycles. The molecule has 2 atom stereocenters. The Balaban J connectivity index is 3.69. The van der Waals surface area contributed by atoms with Crippen LogP contribution in [0, 0.1) is 5.92 Å². The third kappa shape index (κ3) is 5.42. The van der Waals surface area contributed by atoms with Gasteiger partial charge in [-0.2, -0.15) is 0 Å². The van der Waals surface area contributed by atoms with Crippen LogP contribution in [0.1, 0.15) is 34.1 Å². The molecule has 0 aromatic rings. The molecule has 3 heteroatoms. The molecule has 0 aromatic heterocycles. The summed E-state index contributed by atoms with van der Waals surface area (Å²) in [6.07, 6.45) is 0.995. The van der Waals surface area contributed by atoms with Crippen molar-refractivity contribution in [1.29, 1.82) is 0 Å². The Bertz CT molecular complexity index is 145. The van der Waals surface area contributed by atoms with Gasteiger partial charge in [0.2, 0.25) is 5.91 Å². The van der Waals surface area contributed by atoms with Gasteiger partial charge in [0, 0.05) is 6.04 Å². The molecule has 1 N–H and O–H groups in total. The van der Waals surface area contributed by atoms with E-state index in [1.165, 1.54) is 0 Å². The topological polar surface area (TPSA) is 29.1 Å². The van der Waals surface area contributed by atoms with Gasteiger partial charge in [0.05, 0.1) is 0 Å². The molecular weight excluding hydrogens is 174 g/mol. The Morgan fingerprint density at radius 1 is 1.33 bits per heavy atom. The minimum Gasteiger partial charge on any atom is -0.352 e. The van der Waals surface area contributed by atoms with Gasteiger partial charge in [-0.3, -0.25) is 4.79 Å². The normalized spacial score (nSPS) is 15.8. The minimum atomic E-state index is -0.431. The van der Waals surface area contributed by atoms with Crippen molar-refractivity contribution >= 4 is 17.5 Å².